The number of nitrogens with one attached hydrogen (secondary N) is 3. The van der Waals surface area contributed by atoms with Gasteiger partial charge in [0.05, 0.1) is 10.9 Å². The van der Waals surface area contributed by atoms with Crippen molar-refractivity contribution in [1.82, 2.24) is 10.2 Å². The number of nitrogen functional groups attached to an aromatic ring is 1. The highest BCUT2D eigenvalue weighted by Gasteiger charge is 2.10. The highest BCUT2D eigenvalue weighted by atomic mass is 16.2. The Kier molecular flexibility index (Phi) is 4.22. The number of carbonyl (C=O) groups is 1. The molecule has 0 aliphatic heterocycles. The van der Waals surface area contributed by atoms with E-state index in [4.69, 9.17) is 5.73 Å². The van der Waals surface area contributed by atoms with Crippen molar-refractivity contribution in [2.75, 3.05) is 16.4 Å². The van der Waals surface area contributed by atoms with Gasteiger partial charge in [-0.2, -0.15) is 5.10 Å². The number of para-hydroxylation sites is 1. The molecular formula is C21H19N5O. The van der Waals surface area contributed by atoms with E-state index in [1.54, 1.807) is 0 Å². The molecule has 0 saturated heterocycles. The number of aryl methyl sites for hydroxylation is 1. The highest BCUT2D eigenvalue weighted by Crippen LogP contribution is 2.31. The second-order valence-corrected chi connectivity index (χ2v) is 6.31. The van der Waals surface area contributed by atoms with Gasteiger partial charge in [-0.05, 0) is 47.9 Å². The number of hydrogen-bond donors (Lipinski definition) is 4. The summed E-state index contributed by atoms with van der Waals surface area (Å²) in [5.74, 6) is 0.473. The third kappa shape index (κ3) is 3.32. The Morgan fingerprint density at radius 3 is 2.52 bits per heavy atom. The number of anilines is 3. The van der Waals surface area contributed by atoms with Crippen molar-refractivity contribution >= 4 is 34.1 Å². The van der Waals surface area contributed by atoms with Gasteiger partial charge in [0, 0.05) is 11.4 Å². The van der Waals surface area contributed by atoms with Crippen LogP contribution in [0.1, 0.15) is 5.56 Å². The van der Waals surface area contributed by atoms with Crippen molar-refractivity contribution in [1.29, 1.82) is 0 Å². The van der Waals surface area contributed by atoms with Crippen LogP contribution in [0, 0.1) is 6.92 Å². The largest absolute Gasteiger partial charge is 0.382 e. The van der Waals surface area contributed by atoms with E-state index in [0.29, 0.717) is 11.5 Å². The number of nitrogens with zero attached hydrogens (tertiary/aromatic N) is 1. The van der Waals surface area contributed by atoms with Crippen LogP contribution >= 0.6 is 0 Å². The van der Waals surface area contributed by atoms with Gasteiger partial charge in [-0.1, -0.05) is 42.5 Å². The maximum Gasteiger partial charge on any atom is 0.323 e. The summed E-state index contributed by atoms with van der Waals surface area (Å²) in [6, 6.07) is 20.9. The average Bonchev–Trinajstić information content (AvgIpc) is 3.06. The summed E-state index contributed by atoms with van der Waals surface area (Å²) in [7, 11) is 0. The first-order chi connectivity index (χ1) is 13.1. The molecule has 5 N–H and O–H groups in total. The van der Waals surface area contributed by atoms with Crippen molar-refractivity contribution in [3.8, 4) is 11.1 Å². The number of hydrogen-bond acceptors (Lipinski definition) is 3. The number of amides is 2. The Balaban J connectivity index is 1.53. The molecule has 4 aromatic rings. The molecule has 6 nitrogen and oxygen atoms in total. The summed E-state index contributed by atoms with van der Waals surface area (Å²) in [5.41, 5.74) is 11.4. The molecule has 1 aromatic heterocycles. The van der Waals surface area contributed by atoms with E-state index in [1.165, 1.54) is 0 Å². The van der Waals surface area contributed by atoms with Crippen molar-refractivity contribution in [3.05, 3.63) is 72.3 Å². The molecule has 0 fully saturated rings. The molecule has 0 saturated carbocycles. The Bertz CT molecular complexity index is 1120. The fourth-order valence-corrected chi connectivity index (χ4v) is 3.07. The number of fused-ring (bicyclic) bond motifs is 1. The first kappa shape index (κ1) is 16.7. The van der Waals surface area contributed by atoms with Crippen LogP contribution in [0.25, 0.3) is 22.0 Å². The number of aromatic amines is 1. The van der Waals surface area contributed by atoms with Gasteiger partial charge >= 0.3 is 6.03 Å². The lowest BCUT2D eigenvalue weighted by molar-refractivity contribution is 0.262. The molecule has 0 aliphatic rings. The Morgan fingerprint density at radius 1 is 0.963 bits per heavy atom. The van der Waals surface area contributed by atoms with Gasteiger partial charge in [-0.3, -0.25) is 5.10 Å². The third-order valence-corrected chi connectivity index (χ3v) is 4.46. The zero-order valence-corrected chi connectivity index (χ0v) is 14.8. The number of nitrogens with two attached hydrogens (primary N) is 1. The maximum atomic E-state index is 12.2. The van der Waals surface area contributed by atoms with Crippen LogP contribution < -0.4 is 16.4 Å². The number of carbonyl (C=O) groups excluding carboxylic acids is 1. The van der Waals surface area contributed by atoms with Crippen LogP contribution in [0.2, 0.25) is 0 Å². The van der Waals surface area contributed by atoms with Crippen molar-refractivity contribution < 1.29 is 4.79 Å². The molecule has 1 heterocycles. The topological polar surface area (TPSA) is 95.8 Å². The van der Waals surface area contributed by atoms with Gasteiger partial charge in [0.15, 0.2) is 5.82 Å². The first-order valence-corrected chi connectivity index (χ1v) is 8.58. The van der Waals surface area contributed by atoms with Crippen molar-refractivity contribution in [3.63, 3.8) is 0 Å². The Hall–Kier alpha value is -3.80. The van der Waals surface area contributed by atoms with E-state index in [-0.39, 0.29) is 6.03 Å². The molecule has 27 heavy (non-hydrogen) atoms. The van der Waals surface area contributed by atoms with E-state index in [0.717, 1.165) is 33.3 Å². The molecular weight excluding hydrogens is 338 g/mol. The second kappa shape index (κ2) is 6.84. The minimum atomic E-state index is -0.279. The zero-order chi connectivity index (χ0) is 18.8. The van der Waals surface area contributed by atoms with Crippen molar-refractivity contribution in [2.24, 2.45) is 0 Å². The molecule has 0 aliphatic carbocycles. The summed E-state index contributed by atoms with van der Waals surface area (Å²) in [4.78, 5) is 12.2. The number of benzene rings is 3. The highest BCUT2D eigenvalue weighted by molar-refractivity contribution is 6.02. The van der Waals surface area contributed by atoms with Crippen LogP contribution in [0.5, 0.6) is 0 Å². The molecule has 4 rings (SSSR count). The maximum absolute atomic E-state index is 12.2. The summed E-state index contributed by atoms with van der Waals surface area (Å²) in [6.45, 7) is 1.95. The lowest BCUT2D eigenvalue weighted by atomic mass is 10.0. The third-order valence-electron chi connectivity index (χ3n) is 4.46. The minimum absolute atomic E-state index is 0.279. The van der Waals surface area contributed by atoms with Crippen LogP contribution in [-0.4, -0.2) is 16.2 Å². The summed E-state index contributed by atoms with van der Waals surface area (Å²) in [5, 5.41) is 13.6. The average molecular weight is 357 g/mol. The van der Waals surface area contributed by atoms with E-state index < -0.39 is 0 Å². The van der Waals surface area contributed by atoms with Gasteiger partial charge in [0.25, 0.3) is 0 Å². The molecule has 0 unspecified atom stereocenters. The van der Waals surface area contributed by atoms with E-state index in [2.05, 4.69) is 20.8 Å². The quantitative estimate of drug-likeness (QED) is 0.425. The molecule has 134 valence electrons. The minimum Gasteiger partial charge on any atom is -0.382 e. The standard InChI is InChI=1S/C21H19N5O/c1-13-5-2-3-7-17(13)24-21(27)23-15-11-9-14(10-12-15)16-6-4-8-18-19(16)20(22)26-25-18/h2-12H,1H3,(H3,22,25,26)(H2,23,24,27). The Labute approximate surface area is 156 Å². The van der Waals surface area contributed by atoms with Crippen molar-refractivity contribution in [2.45, 2.75) is 6.92 Å². The SMILES string of the molecule is Cc1ccccc1NC(=O)Nc1ccc(-c2cccc3[nH]nc(N)c23)cc1. The van der Waals surface area contributed by atoms with Gasteiger partial charge in [-0.25, -0.2) is 4.79 Å². The van der Waals surface area contributed by atoms with Gasteiger partial charge in [0.2, 0.25) is 0 Å². The number of rotatable bonds is 3. The van der Waals surface area contributed by atoms with E-state index in [9.17, 15) is 4.79 Å². The monoisotopic (exact) mass is 357 g/mol. The predicted octanol–water partition coefficient (Wildman–Crippen LogP) is 4.76. The zero-order valence-electron chi connectivity index (χ0n) is 14.8. The normalized spacial score (nSPS) is 10.7. The number of H-pyrrole nitrogens is 1. The lowest BCUT2D eigenvalue weighted by Crippen LogP contribution is -2.19. The van der Waals surface area contributed by atoms with E-state index >= 15 is 0 Å². The summed E-state index contributed by atoms with van der Waals surface area (Å²) < 4.78 is 0. The van der Waals surface area contributed by atoms with Crippen LogP contribution in [0.3, 0.4) is 0 Å². The van der Waals surface area contributed by atoms with Crippen LogP contribution in [0.15, 0.2) is 66.7 Å². The van der Waals surface area contributed by atoms with Gasteiger partial charge < -0.3 is 16.4 Å². The lowest BCUT2D eigenvalue weighted by Gasteiger charge is -2.10. The number of urea groups is 1. The molecule has 0 spiro atoms. The fourth-order valence-electron chi connectivity index (χ4n) is 3.07. The fraction of sp³-hybridized carbons (Fsp3) is 0.0476. The molecule has 6 heteroatoms. The molecule has 0 radical (unpaired) electrons. The predicted molar refractivity (Wildman–Crippen MR) is 110 cm³/mol. The van der Waals surface area contributed by atoms with Gasteiger partial charge in [-0.15, -0.1) is 0 Å². The smallest absolute Gasteiger partial charge is 0.323 e. The molecule has 0 atom stereocenters. The summed E-state index contributed by atoms with van der Waals surface area (Å²) >= 11 is 0. The van der Waals surface area contributed by atoms with E-state index in [1.807, 2.05) is 73.7 Å². The van der Waals surface area contributed by atoms with Gasteiger partial charge in [0.1, 0.15) is 0 Å². The van der Waals surface area contributed by atoms with Crippen LogP contribution in [-0.2, 0) is 0 Å². The van der Waals surface area contributed by atoms with Crippen LogP contribution in [0.4, 0.5) is 22.0 Å². The first-order valence-electron chi connectivity index (χ1n) is 8.58. The molecule has 3 aromatic carbocycles. The number of aromatic nitrogens is 2. The molecule has 2 amide bonds. The molecule has 0 bridgehead atoms. The second-order valence-electron chi connectivity index (χ2n) is 6.31. The summed E-state index contributed by atoms with van der Waals surface area (Å²) in [6.07, 6.45) is 0. The Morgan fingerprint density at radius 2 is 1.74 bits per heavy atom.